The van der Waals surface area contributed by atoms with Crippen molar-refractivity contribution < 1.29 is 4.84 Å². The molecule has 0 aliphatic heterocycles. The molecular weight excluding hydrogens is 282 g/mol. The fourth-order valence-corrected chi connectivity index (χ4v) is 0.920. The minimum absolute atomic E-state index is 0.528. The molecule has 5 heteroatoms. The van der Waals surface area contributed by atoms with E-state index >= 15 is 0 Å². The van der Waals surface area contributed by atoms with Crippen LogP contribution in [0.5, 0.6) is 0 Å². The normalized spacial score (nSPS) is 12.6. The van der Waals surface area contributed by atoms with Gasteiger partial charge in [-0.25, -0.2) is 10.1 Å². The molecule has 0 rings (SSSR count). The first kappa shape index (κ1) is 15.7. The van der Waals surface area contributed by atoms with Crippen LogP contribution < -0.4 is 5.32 Å². The average molecular weight is 300 g/mol. The Morgan fingerprint density at radius 1 is 1.53 bits per heavy atom. The lowest BCUT2D eigenvalue weighted by atomic mass is 10.6. The van der Waals surface area contributed by atoms with Gasteiger partial charge in [0.15, 0.2) is 0 Å². The Hall–Kier alpha value is -1.33. The van der Waals surface area contributed by atoms with Crippen LogP contribution in [0.2, 0.25) is 0 Å². The zero-order chi connectivity index (χ0) is 13.1. The van der Waals surface area contributed by atoms with Crippen LogP contribution in [0.1, 0.15) is 0 Å². The van der Waals surface area contributed by atoms with Crippen molar-refractivity contribution in [3.63, 3.8) is 0 Å². The van der Waals surface area contributed by atoms with Crippen LogP contribution in [0.15, 0.2) is 53.3 Å². The van der Waals surface area contributed by atoms with Crippen molar-refractivity contribution >= 4 is 21.8 Å². The Kier molecular flexibility index (Phi) is 9.09. The molecule has 0 aromatic rings. The van der Waals surface area contributed by atoms with Crippen LogP contribution >= 0.6 is 15.9 Å². The van der Waals surface area contributed by atoms with E-state index in [9.17, 15) is 0 Å². The second-order valence-corrected chi connectivity index (χ2v) is 3.90. The van der Waals surface area contributed by atoms with Gasteiger partial charge in [-0.1, -0.05) is 25.3 Å². The van der Waals surface area contributed by atoms with Crippen molar-refractivity contribution in [1.29, 1.82) is 0 Å². The van der Waals surface area contributed by atoms with E-state index in [0.717, 1.165) is 4.48 Å². The standard InChI is InChI=1S/C12H18BrN3O/c1-5-7-8-16(4)17-12(10-14-3)15-9-11(13)6-2/h5-9,14H,1-2,10H2,3-4H3/b8-7-,11-9+,15-12+. The summed E-state index contributed by atoms with van der Waals surface area (Å²) in [5.41, 5.74) is 0. The zero-order valence-electron chi connectivity index (χ0n) is 10.2. The number of hydroxylamine groups is 2. The van der Waals surface area contributed by atoms with E-state index in [1.165, 1.54) is 0 Å². The Morgan fingerprint density at radius 3 is 2.76 bits per heavy atom. The SMILES string of the molecule is C=C/C=C\N(C)O/C(CNC)=N/C=C(/Br)C=C. The first-order chi connectivity index (χ1) is 8.13. The molecule has 0 saturated carbocycles. The number of rotatable bonds is 7. The van der Waals surface area contributed by atoms with E-state index in [1.807, 2.05) is 7.05 Å². The maximum atomic E-state index is 5.47. The van der Waals surface area contributed by atoms with Gasteiger partial charge in [0, 0.05) is 23.9 Å². The summed E-state index contributed by atoms with van der Waals surface area (Å²) in [6.07, 6.45) is 8.46. The molecule has 0 aliphatic rings. The summed E-state index contributed by atoms with van der Waals surface area (Å²) in [5.74, 6) is 0.544. The second-order valence-electron chi connectivity index (χ2n) is 2.99. The van der Waals surface area contributed by atoms with Crippen molar-refractivity contribution in [3.8, 4) is 0 Å². The summed E-state index contributed by atoms with van der Waals surface area (Å²) in [7, 11) is 3.60. The highest BCUT2D eigenvalue weighted by Crippen LogP contribution is 2.05. The fraction of sp³-hybridized carbons (Fsp3) is 0.250. The van der Waals surface area contributed by atoms with E-state index in [4.69, 9.17) is 4.84 Å². The first-order valence-electron chi connectivity index (χ1n) is 5.03. The molecule has 1 N–H and O–H groups in total. The van der Waals surface area contributed by atoms with Gasteiger partial charge in [0.2, 0.25) is 5.90 Å². The van der Waals surface area contributed by atoms with Crippen LogP contribution in [-0.2, 0) is 4.84 Å². The molecular formula is C12H18BrN3O. The Morgan fingerprint density at radius 2 is 2.24 bits per heavy atom. The number of halogens is 1. The van der Waals surface area contributed by atoms with E-state index in [2.05, 4.69) is 39.4 Å². The van der Waals surface area contributed by atoms with Gasteiger partial charge >= 0.3 is 0 Å². The monoisotopic (exact) mass is 299 g/mol. The molecule has 17 heavy (non-hydrogen) atoms. The van der Waals surface area contributed by atoms with Gasteiger partial charge in [-0.05, 0) is 29.1 Å². The smallest absolute Gasteiger partial charge is 0.235 e. The van der Waals surface area contributed by atoms with Crippen LogP contribution in [0.3, 0.4) is 0 Å². The molecule has 0 saturated heterocycles. The third-order valence-corrected chi connectivity index (χ3v) is 2.06. The minimum Gasteiger partial charge on any atom is -0.363 e. The minimum atomic E-state index is 0.528. The molecule has 0 spiro atoms. The summed E-state index contributed by atoms with van der Waals surface area (Å²) in [4.78, 5) is 9.66. The molecule has 0 bridgehead atoms. The summed E-state index contributed by atoms with van der Waals surface area (Å²) in [6, 6.07) is 0. The number of hydrogen-bond acceptors (Lipinski definition) is 4. The van der Waals surface area contributed by atoms with E-state index in [0.29, 0.717) is 12.4 Å². The van der Waals surface area contributed by atoms with Crippen LogP contribution in [0, 0.1) is 0 Å². The molecule has 94 valence electrons. The van der Waals surface area contributed by atoms with Gasteiger partial charge in [0.05, 0.1) is 6.54 Å². The highest BCUT2D eigenvalue weighted by molar-refractivity contribution is 9.11. The highest BCUT2D eigenvalue weighted by atomic mass is 79.9. The van der Waals surface area contributed by atoms with Crippen molar-refractivity contribution in [3.05, 3.63) is 48.3 Å². The summed E-state index contributed by atoms with van der Waals surface area (Å²) < 4.78 is 0.791. The molecule has 0 fully saturated rings. The molecule has 0 aromatic heterocycles. The summed E-state index contributed by atoms with van der Waals surface area (Å²) in [5, 5.41) is 4.52. The van der Waals surface area contributed by atoms with E-state index < -0.39 is 0 Å². The van der Waals surface area contributed by atoms with Crippen LogP contribution in [0.25, 0.3) is 0 Å². The van der Waals surface area contributed by atoms with Gasteiger partial charge in [0.25, 0.3) is 0 Å². The quantitative estimate of drug-likeness (QED) is 0.340. The van der Waals surface area contributed by atoms with Gasteiger partial charge in [-0.2, -0.15) is 0 Å². The number of allylic oxidation sites excluding steroid dienone is 4. The molecule has 0 aliphatic carbocycles. The van der Waals surface area contributed by atoms with E-state index in [-0.39, 0.29) is 0 Å². The summed E-state index contributed by atoms with van der Waals surface area (Å²) in [6.45, 7) is 7.72. The van der Waals surface area contributed by atoms with E-state index in [1.54, 1.807) is 42.7 Å². The fourth-order valence-electron chi connectivity index (χ4n) is 0.818. The van der Waals surface area contributed by atoms with Crippen LogP contribution in [0.4, 0.5) is 0 Å². The predicted molar refractivity (Wildman–Crippen MR) is 76.8 cm³/mol. The summed E-state index contributed by atoms with van der Waals surface area (Å²) >= 11 is 3.28. The maximum absolute atomic E-state index is 5.47. The molecule has 0 aromatic carbocycles. The number of nitrogens with zero attached hydrogens (tertiary/aromatic N) is 2. The van der Waals surface area contributed by atoms with Gasteiger partial charge in [0.1, 0.15) is 0 Å². The Balaban J connectivity index is 4.57. The van der Waals surface area contributed by atoms with Crippen LogP contribution in [-0.4, -0.2) is 31.6 Å². The Bertz CT molecular complexity index is 335. The zero-order valence-corrected chi connectivity index (χ0v) is 11.8. The molecule has 4 nitrogen and oxygen atoms in total. The van der Waals surface area contributed by atoms with Gasteiger partial charge < -0.3 is 10.2 Å². The third-order valence-electron chi connectivity index (χ3n) is 1.54. The average Bonchev–Trinajstić information content (AvgIpc) is 2.33. The third kappa shape index (κ3) is 8.47. The van der Waals surface area contributed by atoms with Gasteiger partial charge in [-0.15, -0.1) is 0 Å². The maximum Gasteiger partial charge on any atom is 0.235 e. The number of nitrogens with one attached hydrogen (secondary N) is 1. The highest BCUT2D eigenvalue weighted by Gasteiger charge is 2.00. The van der Waals surface area contributed by atoms with Crippen molar-refractivity contribution in [2.24, 2.45) is 4.99 Å². The number of hydrogen-bond donors (Lipinski definition) is 1. The lowest BCUT2D eigenvalue weighted by Crippen LogP contribution is -2.26. The molecule has 0 atom stereocenters. The second kappa shape index (κ2) is 9.86. The Labute approximate surface area is 111 Å². The van der Waals surface area contributed by atoms with Crippen molar-refractivity contribution in [2.75, 3.05) is 20.6 Å². The van der Waals surface area contributed by atoms with Crippen molar-refractivity contribution in [2.45, 2.75) is 0 Å². The topological polar surface area (TPSA) is 36.9 Å². The number of likely N-dealkylation sites (N-methyl/N-ethyl adjacent to an activating group) is 1. The first-order valence-corrected chi connectivity index (χ1v) is 5.82. The molecule has 0 amide bonds. The lowest BCUT2D eigenvalue weighted by molar-refractivity contribution is 0.00309. The van der Waals surface area contributed by atoms with Gasteiger partial charge in [-0.3, -0.25) is 0 Å². The predicted octanol–water partition coefficient (Wildman–Crippen LogP) is 2.59. The largest absolute Gasteiger partial charge is 0.363 e. The van der Waals surface area contributed by atoms with Crippen molar-refractivity contribution in [1.82, 2.24) is 10.4 Å². The number of aliphatic imine (C=N–C) groups is 1. The lowest BCUT2D eigenvalue weighted by Gasteiger charge is -2.15. The molecule has 0 heterocycles. The molecule has 0 unspecified atom stereocenters. The molecule has 0 radical (unpaired) electrons.